The largest absolute Gasteiger partial charge is 0.487 e. The molecule has 0 spiro atoms. The van der Waals surface area contributed by atoms with Crippen molar-refractivity contribution in [3.8, 4) is 5.75 Å². The van der Waals surface area contributed by atoms with E-state index in [1.165, 1.54) is 6.92 Å². The van der Waals surface area contributed by atoms with Gasteiger partial charge in [-0.25, -0.2) is 0 Å². The molecule has 1 aromatic rings. The Morgan fingerprint density at radius 2 is 2.39 bits per heavy atom. The molecule has 0 bridgehead atoms. The van der Waals surface area contributed by atoms with E-state index in [1.807, 2.05) is 6.92 Å². The van der Waals surface area contributed by atoms with E-state index in [-0.39, 0.29) is 18.6 Å². The Balaban J connectivity index is 2.42. The number of hydrogen-bond acceptors (Lipinski definition) is 4. The third-order valence-corrected chi connectivity index (χ3v) is 3.03. The molecule has 0 aliphatic carbocycles. The number of carbonyl (C=O) groups is 1. The highest BCUT2D eigenvalue weighted by Gasteiger charge is 2.26. The van der Waals surface area contributed by atoms with Gasteiger partial charge >= 0.3 is 0 Å². The summed E-state index contributed by atoms with van der Waals surface area (Å²) in [4.78, 5) is 13.3. The van der Waals surface area contributed by atoms with Crippen molar-refractivity contribution in [2.75, 3.05) is 18.0 Å². The van der Waals surface area contributed by atoms with Gasteiger partial charge in [0.2, 0.25) is 5.91 Å². The molecule has 18 heavy (non-hydrogen) atoms. The van der Waals surface area contributed by atoms with E-state index < -0.39 is 6.10 Å². The summed E-state index contributed by atoms with van der Waals surface area (Å²) in [5.41, 5.74) is 6.83. The molecular formula is C13H18N2O3. The normalized spacial score (nSPS) is 20.0. The molecule has 0 aromatic heterocycles. The van der Waals surface area contributed by atoms with Gasteiger partial charge in [0.15, 0.2) is 0 Å². The minimum Gasteiger partial charge on any atom is -0.487 e. The molecule has 5 nitrogen and oxygen atoms in total. The van der Waals surface area contributed by atoms with Crippen LogP contribution in [0.3, 0.4) is 0 Å². The van der Waals surface area contributed by atoms with Crippen molar-refractivity contribution < 1.29 is 14.6 Å². The van der Waals surface area contributed by atoms with E-state index in [0.717, 1.165) is 0 Å². The number of hydrogen-bond donors (Lipinski definition) is 2. The van der Waals surface area contributed by atoms with E-state index in [4.69, 9.17) is 10.5 Å². The number of benzene rings is 1. The molecule has 0 saturated heterocycles. The number of ether oxygens (including phenoxy) is 1. The minimum absolute atomic E-state index is 0.0355. The van der Waals surface area contributed by atoms with Gasteiger partial charge in [-0.3, -0.25) is 4.79 Å². The monoisotopic (exact) mass is 250 g/mol. The molecule has 1 amide bonds. The number of fused-ring (bicyclic) bond motifs is 1. The van der Waals surface area contributed by atoms with Gasteiger partial charge in [-0.2, -0.15) is 0 Å². The predicted octanol–water partition coefficient (Wildman–Crippen LogP) is 0.813. The van der Waals surface area contributed by atoms with Gasteiger partial charge in [0.25, 0.3) is 0 Å². The molecule has 5 heteroatoms. The number of carbonyl (C=O) groups excluding carboxylic acids is 1. The topological polar surface area (TPSA) is 75.8 Å². The van der Waals surface area contributed by atoms with Crippen LogP contribution in [0.25, 0.3) is 0 Å². The maximum atomic E-state index is 11.6. The molecule has 2 rings (SSSR count). The zero-order valence-corrected chi connectivity index (χ0v) is 10.6. The summed E-state index contributed by atoms with van der Waals surface area (Å²) in [6.07, 6.45) is -0.754. The van der Waals surface area contributed by atoms with Gasteiger partial charge in [-0.15, -0.1) is 0 Å². The van der Waals surface area contributed by atoms with E-state index in [2.05, 4.69) is 0 Å². The maximum absolute atomic E-state index is 11.6. The first-order valence-corrected chi connectivity index (χ1v) is 5.99. The summed E-state index contributed by atoms with van der Waals surface area (Å²) in [5.74, 6) is 0.628. The summed E-state index contributed by atoms with van der Waals surface area (Å²) in [6.45, 7) is 4.11. The lowest BCUT2D eigenvalue weighted by atomic mass is 10.1. The highest BCUT2D eigenvalue weighted by atomic mass is 16.5. The van der Waals surface area contributed by atoms with Crippen LogP contribution in [0.4, 0.5) is 5.69 Å². The summed E-state index contributed by atoms with van der Waals surface area (Å²) >= 11 is 0. The fourth-order valence-electron chi connectivity index (χ4n) is 2.10. The predicted molar refractivity (Wildman–Crippen MR) is 68.6 cm³/mol. The van der Waals surface area contributed by atoms with Crippen LogP contribution in [0.15, 0.2) is 18.2 Å². The second-order valence-corrected chi connectivity index (χ2v) is 4.54. The molecule has 2 unspecified atom stereocenters. The van der Waals surface area contributed by atoms with Crippen LogP contribution in [-0.4, -0.2) is 30.2 Å². The van der Waals surface area contributed by atoms with Crippen molar-refractivity contribution in [3.63, 3.8) is 0 Å². The van der Waals surface area contributed by atoms with E-state index in [9.17, 15) is 9.90 Å². The van der Waals surface area contributed by atoms with Crippen molar-refractivity contribution in [1.82, 2.24) is 0 Å². The number of anilines is 1. The molecular weight excluding hydrogens is 232 g/mol. The summed E-state index contributed by atoms with van der Waals surface area (Å²) in [5, 5.41) is 9.74. The fourth-order valence-corrected chi connectivity index (χ4v) is 2.10. The zero-order valence-electron chi connectivity index (χ0n) is 10.6. The minimum atomic E-state index is -0.719. The molecule has 1 aliphatic rings. The number of nitrogens with two attached hydrogens (primary N) is 1. The first-order chi connectivity index (χ1) is 8.52. The molecule has 1 heterocycles. The van der Waals surface area contributed by atoms with Gasteiger partial charge in [0.05, 0.1) is 18.3 Å². The van der Waals surface area contributed by atoms with Gasteiger partial charge in [0.1, 0.15) is 11.9 Å². The van der Waals surface area contributed by atoms with Crippen LogP contribution in [0.1, 0.15) is 25.5 Å². The lowest BCUT2D eigenvalue weighted by Gasteiger charge is -2.33. The Morgan fingerprint density at radius 1 is 1.67 bits per heavy atom. The van der Waals surface area contributed by atoms with Gasteiger partial charge in [-0.05, 0) is 24.6 Å². The lowest BCUT2D eigenvalue weighted by molar-refractivity contribution is -0.117. The standard InChI is InChI=1S/C13H18N2O3/c1-8-7-15(9(2)16)11-5-10(12(17)6-14)3-4-13(11)18-8/h3-5,8,12,17H,6-7,14H2,1-2H3. The van der Waals surface area contributed by atoms with Gasteiger partial charge in [0, 0.05) is 13.5 Å². The number of nitrogens with zero attached hydrogens (tertiary/aromatic N) is 1. The Hall–Kier alpha value is -1.59. The van der Waals surface area contributed by atoms with Gasteiger partial charge in [-0.1, -0.05) is 6.07 Å². The van der Waals surface area contributed by atoms with Crippen molar-refractivity contribution in [1.29, 1.82) is 0 Å². The fraction of sp³-hybridized carbons (Fsp3) is 0.462. The van der Waals surface area contributed by atoms with Crippen LogP contribution in [0.5, 0.6) is 5.75 Å². The smallest absolute Gasteiger partial charge is 0.224 e. The van der Waals surface area contributed by atoms with E-state index >= 15 is 0 Å². The van der Waals surface area contributed by atoms with Crippen LogP contribution >= 0.6 is 0 Å². The average molecular weight is 250 g/mol. The van der Waals surface area contributed by atoms with Crippen molar-refractivity contribution in [3.05, 3.63) is 23.8 Å². The molecule has 1 aromatic carbocycles. The highest BCUT2D eigenvalue weighted by Crippen LogP contribution is 2.35. The molecule has 0 saturated carbocycles. The Bertz CT molecular complexity index is 462. The first kappa shape index (κ1) is 12.9. The molecule has 0 radical (unpaired) electrons. The van der Waals surface area contributed by atoms with Crippen LogP contribution < -0.4 is 15.4 Å². The molecule has 0 fully saturated rings. The van der Waals surface area contributed by atoms with Gasteiger partial charge < -0.3 is 20.5 Å². The maximum Gasteiger partial charge on any atom is 0.224 e. The number of aliphatic hydroxyl groups excluding tert-OH is 1. The SMILES string of the molecule is CC(=O)N1CC(C)Oc2ccc(C(O)CN)cc21. The molecule has 98 valence electrons. The van der Waals surface area contributed by atoms with Crippen LogP contribution in [0.2, 0.25) is 0 Å². The van der Waals surface area contributed by atoms with Crippen molar-refractivity contribution >= 4 is 11.6 Å². The number of rotatable bonds is 2. The zero-order chi connectivity index (χ0) is 13.3. The summed E-state index contributed by atoms with van der Waals surface area (Å²) in [6, 6.07) is 5.31. The van der Waals surface area contributed by atoms with Crippen molar-refractivity contribution in [2.45, 2.75) is 26.1 Å². The molecule has 1 aliphatic heterocycles. The van der Waals surface area contributed by atoms with E-state index in [0.29, 0.717) is 23.5 Å². The Kier molecular flexibility index (Phi) is 3.54. The molecule has 2 atom stereocenters. The summed E-state index contributed by atoms with van der Waals surface area (Å²) < 4.78 is 5.67. The second kappa shape index (κ2) is 4.96. The number of amides is 1. The van der Waals surface area contributed by atoms with E-state index in [1.54, 1.807) is 23.1 Å². The number of aliphatic hydroxyl groups is 1. The Morgan fingerprint density at radius 3 is 3.00 bits per heavy atom. The third-order valence-electron chi connectivity index (χ3n) is 3.03. The first-order valence-electron chi connectivity index (χ1n) is 5.99. The second-order valence-electron chi connectivity index (χ2n) is 4.54. The Labute approximate surface area is 106 Å². The average Bonchev–Trinajstić information content (AvgIpc) is 2.36. The quantitative estimate of drug-likeness (QED) is 0.814. The molecule has 3 N–H and O–H groups in total. The lowest BCUT2D eigenvalue weighted by Crippen LogP contribution is -2.41. The van der Waals surface area contributed by atoms with Crippen molar-refractivity contribution in [2.24, 2.45) is 5.73 Å². The highest BCUT2D eigenvalue weighted by molar-refractivity contribution is 5.93. The van der Waals surface area contributed by atoms with Crippen LogP contribution in [-0.2, 0) is 4.79 Å². The van der Waals surface area contributed by atoms with Crippen LogP contribution in [0, 0.1) is 0 Å². The third kappa shape index (κ3) is 2.32. The summed E-state index contributed by atoms with van der Waals surface area (Å²) in [7, 11) is 0.